The minimum Gasteiger partial charge on any atom is -0.406 e. The Hall–Kier alpha value is -3.29. The van der Waals surface area contributed by atoms with E-state index in [0.717, 1.165) is 18.2 Å². The Labute approximate surface area is 153 Å². The molecule has 0 aliphatic carbocycles. The van der Waals surface area contributed by atoms with Gasteiger partial charge in [-0.05, 0) is 29.8 Å². The van der Waals surface area contributed by atoms with Gasteiger partial charge in [0.25, 0.3) is 0 Å². The normalized spacial score (nSPS) is 15.8. The third-order valence-electron chi connectivity index (χ3n) is 4.06. The molecule has 0 radical (unpaired) electrons. The number of ether oxygens (including phenoxy) is 1. The van der Waals surface area contributed by atoms with Crippen LogP contribution in [-0.2, 0) is 9.59 Å². The van der Waals surface area contributed by atoms with Crippen molar-refractivity contribution in [2.75, 3.05) is 16.8 Å². The van der Waals surface area contributed by atoms with Crippen molar-refractivity contribution < 1.29 is 27.5 Å². The molecule has 1 N–H and O–H groups in total. The van der Waals surface area contributed by atoms with Crippen molar-refractivity contribution in [2.45, 2.75) is 12.3 Å². The number of fused-ring (bicyclic) bond motifs is 1. The van der Waals surface area contributed by atoms with E-state index < -0.39 is 23.9 Å². The zero-order valence-electron chi connectivity index (χ0n) is 14.0. The van der Waals surface area contributed by atoms with Gasteiger partial charge in [0.1, 0.15) is 5.75 Å². The van der Waals surface area contributed by atoms with E-state index in [2.05, 4.69) is 16.6 Å². The SMILES string of the molecule is C=CC(=O)N1CC(C(=O)Nc2cccc(OC(F)(F)F)c2)c2ccccc21. The van der Waals surface area contributed by atoms with Crippen LogP contribution in [0.15, 0.2) is 61.2 Å². The van der Waals surface area contributed by atoms with Gasteiger partial charge in [0.15, 0.2) is 0 Å². The zero-order chi connectivity index (χ0) is 19.6. The van der Waals surface area contributed by atoms with Crippen LogP contribution in [0.25, 0.3) is 0 Å². The van der Waals surface area contributed by atoms with Crippen molar-refractivity contribution in [1.29, 1.82) is 0 Å². The van der Waals surface area contributed by atoms with E-state index in [1.54, 1.807) is 24.3 Å². The fraction of sp³-hybridized carbons (Fsp3) is 0.158. The Balaban J connectivity index is 1.80. The molecule has 0 bridgehead atoms. The molecule has 140 valence electrons. The highest BCUT2D eigenvalue weighted by atomic mass is 19.4. The van der Waals surface area contributed by atoms with Gasteiger partial charge in [-0.1, -0.05) is 30.8 Å². The molecule has 0 spiro atoms. The quantitative estimate of drug-likeness (QED) is 0.825. The number of carbonyl (C=O) groups is 2. The van der Waals surface area contributed by atoms with Crippen LogP contribution in [0.2, 0.25) is 0 Å². The highest BCUT2D eigenvalue weighted by Gasteiger charge is 2.36. The van der Waals surface area contributed by atoms with E-state index in [9.17, 15) is 22.8 Å². The highest BCUT2D eigenvalue weighted by Crippen LogP contribution is 2.37. The van der Waals surface area contributed by atoms with E-state index in [-0.39, 0.29) is 18.1 Å². The summed E-state index contributed by atoms with van der Waals surface area (Å²) in [4.78, 5) is 26.2. The van der Waals surface area contributed by atoms with E-state index in [1.165, 1.54) is 17.0 Å². The Morgan fingerprint density at radius 3 is 2.63 bits per heavy atom. The minimum absolute atomic E-state index is 0.120. The molecule has 1 aliphatic heterocycles. The molecule has 8 heteroatoms. The number of amides is 2. The number of nitrogens with zero attached hydrogens (tertiary/aromatic N) is 1. The summed E-state index contributed by atoms with van der Waals surface area (Å²) in [6.45, 7) is 3.58. The first-order valence-electron chi connectivity index (χ1n) is 7.98. The monoisotopic (exact) mass is 376 g/mol. The third-order valence-corrected chi connectivity index (χ3v) is 4.06. The molecular weight excluding hydrogens is 361 g/mol. The number of benzene rings is 2. The van der Waals surface area contributed by atoms with Crippen molar-refractivity contribution in [1.82, 2.24) is 0 Å². The summed E-state index contributed by atoms with van der Waals surface area (Å²) >= 11 is 0. The van der Waals surface area contributed by atoms with Crippen LogP contribution in [0.3, 0.4) is 0 Å². The number of rotatable bonds is 4. The standard InChI is InChI=1S/C19H15F3N2O3/c1-2-17(25)24-11-15(14-8-3-4-9-16(14)24)18(26)23-12-6-5-7-13(10-12)27-19(20,21)22/h2-10,15H,1,11H2,(H,23,26). The van der Waals surface area contributed by atoms with E-state index >= 15 is 0 Å². The lowest BCUT2D eigenvalue weighted by Gasteiger charge is -2.16. The third kappa shape index (κ3) is 4.11. The summed E-state index contributed by atoms with van der Waals surface area (Å²) in [6, 6.07) is 12.0. The first-order valence-corrected chi connectivity index (χ1v) is 7.98. The summed E-state index contributed by atoms with van der Waals surface area (Å²) in [5.41, 5.74) is 1.43. The van der Waals surface area contributed by atoms with Gasteiger partial charge in [-0.25, -0.2) is 0 Å². The lowest BCUT2D eigenvalue weighted by molar-refractivity contribution is -0.274. The summed E-state index contributed by atoms with van der Waals surface area (Å²) in [5, 5.41) is 2.58. The van der Waals surface area contributed by atoms with Crippen LogP contribution < -0.4 is 15.0 Å². The van der Waals surface area contributed by atoms with Gasteiger partial charge < -0.3 is 15.0 Å². The van der Waals surface area contributed by atoms with Crippen LogP contribution in [0, 0.1) is 0 Å². The summed E-state index contributed by atoms with van der Waals surface area (Å²) < 4.78 is 40.9. The van der Waals surface area contributed by atoms with Gasteiger partial charge in [-0.15, -0.1) is 13.2 Å². The van der Waals surface area contributed by atoms with Crippen molar-refractivity contribution in [3.8, 4) is 5.75 Å². The fourth-order valence-electron chi connectivity index (χ4n) is 2.95. The number of hydrogen-bond acceptors (Lipinski definition) is 3. The van der Waals surface area contributed by atoms with Crippen LogP contribution >= 0.6 is 0 Å². The number of anilines is 2. The first-order chi connectivity index (χ1) is 12.8. The predicted octanol–water partition coefficient (Wildman–Crippen LogP) is 3.84. The molecule has 0 saturated heterocycles. The van der Waals surface area contributed by atoms with Gasteiger partial charge in [0.05, 0.1) is 5.92 Å². The smallest absolute Gasteiger partial charge is 0.406 e. The molecule has 27 heavy (non-hydrogen) atoms. The van der Waals surface area contributed by atoms with Gasteiger partial charge in [-0.3, -0.25) is 9.59 Å². The van der Waals surface area contributed by atoms with E-state index in [0.29, 0.717) is 11.3 Å². The molecule has 0 aromatic heterocycles. The number of halogens is 3. The molecule has 2 aromatic carbocycles. The van der Waals surface area contributed by atoms with Gasteiger partial charge in [0.2, 0.25) is 11.8 Å². The minimum atomic E-state index is -4.82. The molecule has 0 fully saturated rings. The Kier molecular flexibility index (Phi) is 4.89. The second-order valence-electron chi connectivity index (χ2n) is 5.83. The maximum absolute atomic E-state index is 12.7. The molecule has 1 atom stereocenters. The van der Waals surface area contributed by atoms with Crippen molar-refractivity contribution in [2.24, 2.45) is 0 Å². The average molecular weight is 376 g/mol. The van der Waals surface area contributed by atoms with Crippen LogP contribution in [0.1, 0.15) is 11.5 Å². The highest BCUT2D eigenvalue weighted by molar-refractivity contribution is 6.07. The van der Waals surface area contributed by atoms with Crippen molar-refractivity contribution in [3.05, 3.63) is 66.7 Å². The maximum atomic E-state index is 12.7. The lowest BCUT2D eigenvalue weighted by atomic mass is 10.0. The van der Waals surface area contributed by atoms with E-state index in [4.69, 9.17) is 0 Å². The van der Waals surface area contributed by atoms with Crippen LogP contribution in [-0.4, -0.2) is 24.7 Å². The van der Waals surface area contributed by atoms with Gasteiger partial charge >= 0.3 is 6.36 Å². The number of hydrogen-bond donors (Lipinski definition) is 1. The van der Waals surface area contributed by atoms with Crippen molar-refractivity contribution >= 4 is 23.2 Å². The topological polar surface area (TPSA) is 58.6 Å². The maximum Gasteiger partial charge on any atom is 0.573 e. The van der Waals surface area contributed by atoms with Crippen molar-refractivity contribution in [3.63, 3.8) is 0 Å². The Morgan fingerprint density at radius 1 is 1.19 bits per heavy atom. The summed E-state index contributed by atoms with van der Waals surface area (Å²) in [6.07, 6.45) is -3.66. The lowest BCUT2D eigenvalue weighted by Crippen LogP contribution is -2.31. The molecule has 1 heterocycles. The van der Waals surface area contributed by atoms with Crippen LogP contribution in [0.5, 0.6) is 5.75 Å². The molecule has 2 aromatic rings. The molecular formula is C19H15F3N2O3. The van der Waals surface area contributed by atoms with Crippen LogP contribution in [0.4, 0.5) is 24.5 Å². The molecule has 1 aliphatic rings. The van der Waals surface area contributed by atoms with Gasteiger partial charge in [-0.2, -0.15) is 0 Å². The largest absolute Gasteiger partial charge is 0.573 e. The predicted molar refractivity (Wildman–Crippen MR) is 93.5 cm³/mol. The Morgan fingerprint density at radius 2 is 1.93 bits per heavy atom. The molecule has 2 amide bonds. The number of para-hydroxylation sites is 1. The van der Waals surface area contributed by atoms with Gasteiger partial charge in [0, 0.05) is 24.0 Å². The number of carbonyl (C=O) groups excluding carboxylic acids is 2. The zero-order valence-corrected chi connectivity index (χ0v) is 14.0. The molecule has 3 rings (SSSR count). The number of alkyl halides is 3. The number of nitrogens with one attached hydrogen (secondary N) is 1. The Bertz CT molecular complexity index is 896. The second kappa shape index (κ2) is 7.14. The van der Waals surface area contributed by atoms with E-state index in [1.807, 2.05) is 0 Å². The molecule has 1 unspecified atom stereocenters. The average Bonchev–Trinajstić information content (AvgIpc) is 3.00. The molecule has 0 saturated carbocycles. The molecule has 5 nitrogen and oxygen atoms in total. The summed E-state index contributed by atoms with van der Waals surface area (Å²) in [7, 11) is 0. The second-order valence-corrected chi connectivity index (χ2v) is 5.83. The fourth-order valence-corrected chi connectivity index (χ4v) is 2.95. The summed E-state index contributed by atoms with van der Waals surface area (Å²) in [5.74, 6) is -1.86. The first kappa shape index (κ1) is 18.5.